The van der Waals surface area contributed by atoms with Gasteiger partial charge in [0.15, 0.2) is 11.5 Å². The van der Waals surface area contributed by atoms with Crippen molar-refractivity contribution in [1.82, 2.24) is 10.4 Å². The molecule has 0 radical (unpaired) electrons. The lowest BCUT2D eigenvalue weighted by atomic mass is 10.0. The number of benzene rings is 2. The van der Waals surface area contributed by atoms with Crippen LogP contribution in [0.2, 0.25) is 10.0 Å². The third-order valence-corrected chi connectivity index (χ3v) is 5.91. The SMILES string of the molecule is O=C(CCC1CCN(NC(=O)c2cc3cc(Cl)ccc3o2)C1)COc1ccc(Cl)c(F)c1. The van der Waals surface area contributed by atoms with E-state index in [9.17, 15) is 14.0 Å². The van der Waals surface area contributed by atoms with Crippen molar-refractivity contribution < 1.29 is 23.1 Å². The number of rotatable bonds is 8. The molecule has 0 bridgehead atoms. The number of ketones is 1. The Morgan fingerprint density at radius 3 is 2.84 bits per heavy atom. The quantitative estimate of drug-likeness (QED) is 0.477. The number of nitrogens with zero attached hydrogens (tertiary/aromatic N) is 1. The number of ether oxygens (including phenoxy) is 1. The van der Waals surface area contributed by atoms with Crippen LogP contribution in [0.5, 0.6) is 5.75 Å². The minimum atomic E-state index is -0.587. The highest BCUT2D eigenvalue weighted by Gasteiger charge is 2.25. The third-order valence-electron chi connectivity index (χ3n) is 5.37. The van der Waals surface area contributed by atoms with Gasteiger partial charge in [0.1, 0.15) is 23.8 Å². The number of carbonyl (C=O) groups excluding carboxylic acids is 2. The number of fused-ring (bicyclic) bond motifs is 1. The van der Waals surface area contributed by atoms with Crippen LogP contribution in [0.25, 0.3) is 11.0 Å². The normalized spacial score (nSPS) is 16.4. The topological polar surface area (TPSA) is 71.8 Å². The van der Waals surface area contributed by atoms with E-state index in [0.717, 1.165) is 17.9 Å². The Kier molecular flexibility index (Phi) is 6.98. The number of furan rings is 1. The van der Waals surface area contributed by atoms with Crippen LogP contribution in [0.15, 0.2) is 46.9 Å². The van der Waals surface area contributed by atoms with Gasteiger partial charge < -0.3 is 9.15 Å². The molecule has 4 rings (SSSR count). The molecular formula is C23H21Cl2FN2O4. The number of hydrogen-bond donors (Lipinski definition) is 1. The first-order valence-electron chi connectivity index (χ1n) is 10.2. The Hall–Kier alpha value is -2.61. The van der Waals surface area contributed by atoms with Gasteiger partial charge in [-0.1, -0.05) is 23.2 Å². The summed E-state index contributed by atoms with van der Waals surface area (Å²) in [4.78, 5) is 24.6. The van der Waals surface area contributed by atoms with Gasteiger partial charge in [-0.05, 0) is 55.2 Å². The maximum absolute atomic E-state index is 13.4. The van der Waals surface area contributed by atoms with E-state index in [-0.39, 0.29) is 40.7 Å². The van der Waals surface area contributed by atoms with Crippen LogP contribution in [0.1, 0.15) is 29.8 Å². The van der Waals surface area contributed by atoms with Gasteiger partial charge >= 0.3 is 5.91 Å². The van der Waals surface area contributed by atoms with E-state index in [0.29, 0.717) is 36.5 Å². The fourth-order valence-corrected chi connectivity index (χ4v) is 3.96. The number of amides is 1. The zero-order valence-corrected chi connectivity index (χ0v) is 18.6. The lowest BCUT2D eigenvalue weighted by Crippen LogP contribution is -2.40. The summed E-state index contributed by atoms with van der Waals surface area (Å²) in [7, 11) is 0. The van der Waals surface area contributed by atoms with Crippen LogP contribution in [0.3, 0.4) is 0 Å². The van der Waals surface area contributed by atoms with Crippen molar-refractivity contribution in [2.24, 2.45) is 5.92 Å². The number of halogens is 3. The molecule has 168 valence electrons. The summed E-state index contributed by atoms with van der Waals surface area (Å²) in [5.74, 6) is -0.209. The molecule has 1 aliphatic rings. The highest BCUT2D eigenvalue weighted by atomic mass is 35.5. The number of hydrogen-bond acceptors (Lipinski definition) is 5. The molecule has 3 aromatic rings. The molecule has 9 heteroatoms. The minimum Gasteiger partial charge on any atom is -0.486 e. The van der Waals surface area contributed by atoms with E-state index in [1.165, 1.54) is 12.1 Å². The summed E-state index contributed by atoms with van der Waals surface area (Å²) < 4.78 is 24.4. The summed E-state index contributed by atoms with van der Waals surface area (Å²) in [6.07, 6.45) is 1.91. The van der Waals surface area contributed by atoms with Gasteiger partial charge in [0.2, 0.25) is 0 Å². The van der Waals surface area contributed by atoms with E-state index >= 15 is 0 Å². The van der Waals surface area contributed by atoms with Crippen LogP contribution >= 0.6 is 23.2 Å². The van der Waals surface area contributed by atoms with Crippen molar-refractivity contribution in [1.29, 1.82) is 0 Å². The van der Waals surface area contributed by atoms with Crippen LogP contribution in [-0.4, -0.2) is 36.4 Å². The molecule has 32 heavy (non-hydrogen) atoms. The fraction of sp³-hybridized carbons (Fsp3) is 0.304. The molecule has 2 heterocycles. The average molecular weight is 479 g/mol. The van der Waals surface area contributed by atoms with Gasteiger partial charge in [-0.2, -0.15) is 0 Å². The zero-order valence-electron chi connectivity index (χ0n) is 17.1. The molecule has 1 unspecified atom stereocenters. The first kappa shape index (κ1) is 22.6. The predicted molar refractivity (Wildman–Crippen MR) is 120 cm³/mol. The second-order valence-corrected chi connectivity index (χ2v) is 8.62. The van der Waals surface area contributed by atoms with Gasteiger partial charge in [0.25, 0.3) is 0 Å². The Morgan fingerprint density at radius 2 is 2.03 bits per heavy atom. The monoisotopic (exact) mass is 478 g/mol. The predicted octanol–water partition coefficient (Wildman–Crippen LogP) is 5.27. The minimum absolute atomic E-state index is 0.00581. The molecule has 0 spiro atoms. The van der Waals surface area contributed by atoms with E-state index in [4.69, 9.17) is 32.4 Å². The van der Waals surface area contributed by atoms with E-state index in [2.05, 4.69) is 5.43 Å². The number of Topliss-reactive ketones (excluding diaryl/α,β-unsaturated/α-hetero) is 1. The molecule has 1 aromatic heterocycles. The summed E-state index contributed by atoms with van der Waals surface area (Å²) in [6, 6.07) is 10.9. The molecule has 2 aromatic carbocycles. The van der Waals surface area contributed by atoms with Crippen LogP contribution in [0, 0.1) is 11.7 Å². The van der Waals surface area contributed by atoms with Crippen LogP contribution in [0.4, 0.5) is 4.39 Å². The number of hydrazine groups is 1. The molecule has 1 N–H and O–H groups in total. The first-order chi connectivity index (χ1) is 15.4. The molecular weight excluding hydrogens is 458 g/mol. The van der Waals surface area contributed by atoms with Gasteiger partial charge in [-0.15, -0.1) is 0 Å². The molecule has 0 saturated carbocycles. The standard InChI is InChI=1S/C23H21Cl2FN2O4/c24-16-2-6-21-15(9-16)10-22(32-21)23(30)27-28-8-7-14(12-28)1-3-17(29)13-31-18-4-5-19(25)20(26)11-18/h2,4-6,9-11,14H,1,3,7-8,12-13H2,(H,27,30). The first-order valence-corrected chi connectivity index (χ1v) is 11.0. The summed E-state index contributed by atoms with van der Waals surface area (Å²) in [6.45, 7) is 1.22. The summed E-state index contributed by atoms with van der Waals surface area (Å²) >= 11 is 11.6. The maximum atomic E-state index is 13.4. The Labute approximate surface area is 194 Å². The second-order valence-electron chi connectivity index (χ2n) is 7.78. The lowest BCUT2D eigenvalue weighted by molar-refractivity contribution is -0.121. The zero-order chi connectivity index (χ0) is 22.7. The highest BCUT2D eigenvalue weighted by Crippen LogP contribution is 2.24. The van der Waals surface area contributed by atoms with Crippen molar-refractivity contribution in [3.8, 4) is 5.75 Å². The molecule has 1 aliphatic heterocycles. The molecule has 1 fully saturated rings. The maximum Gasteiger partial charge on any atom is 0.301 e. The van der Waals surface area contributed by atoms with Crippen molar-refractivity contribution in [2.45, 2.75) is 19.3 Å². The number of nitrogens with one attached hydrogen (secondary N) is 1. The smallest absolute Gasteiger partial charge is 0.301 e. The third kappa shape index (κ3) is 5.59. The van der Waals surface area contributed by atoms with E-state index in [1.54, 1.807) is 24.3 Å². The van der Waals surface area contributed by atoms with Crippen molar-refractivity contribution in [3.05, 3.63) is 64.1 Å². The van der Waals surface area contributed by atoms with Crippen LogP contribution < -0.4 is 10.2 Å². The van der Waals surface area contributed by atoms with Crippen molar-refractivity contribution >= 4 is 45.9 Å². The Balaban J connectivity index is 1.20. The van der Waals surface area contributed by atoms with Crippen molar-refractivity contribution in [2.75, 3.05) is 19.7 Å². The largest absolute Gasteiger partial charge is 0.486 e. The van der Waals surface area contributed by atoms with Gasteiger partial charge in [0, 0.05) is 36.0 Å². The Morgan fingerprint density at radius 1 is 1.19 bits per heavy atom. The van der Waals surface area contributed by atoms with E-state index in [1.807, 2.05) is 5.01 Å². The molecule has 1 atom stereocenters. The molecule has 1 amide bonds. The fourth-order valence-electron chi connectivity index (χ4n) is 3.66. The van der Waals surface area contributed by atoms with Crippen LogP contribution in [-0.2, 0) is 4.79 Å². The lowest BCUT2D eigenvalue weighted by Gasteiger charge is -2.16. The number of carbonyl (C=O) groups is 2. The van der Waals surface area contributed by atoms with Gasteiger partial charge in [0.05, 0.1) is 5.02 Å². The second kappa shape index (κ2) is 9.90. The van der Waals surface area contributed by atoms with Gasteiger partial charge in [-0.25, -0.2) is 9.40 Å². The molecule has 0 aliphatic carbocycles. The Bertz CT molecular complexity index is 1150. The molecule has 1 saturated heterocycles. The van der Waals surface area contributed by atoms with Gasteiger partial charge in [-0.3, -0.25) is 15.0 Å². The van der Waals surface area contributed by atoms with Crippen molar-refractivity contribution in [3.63, 3.8) is 0 Å². The average Bonchev–Trinajstić information content (AvgIpc) is 3.39. The summed E-state index contributed by atoms with van der Waals surface area (Å²) in [5, 5.41) is 3.19. The summed E-state index contributed by atoms with van der Waals surface area (Å²) in [5.41, 5.74) is 3.45. The highest BCUT2D eigenvalue weighted by molar-refractivity contribution is 6.31. The molecule has 6 nitrogen and oxygen atoms in total. The van der Waals surface area contributed by atoms with E-state index < -0.39 is 5.82 Å².